The maximum atomic E-state index is 12.5. The Bertz CT molecular complexity index is 965. The lowest BCUT2D eigenvalue weighted by atomic mass is 10.2. The van der Waals surface area contributed by atoms with Gasteiger partial charge in [0.2, 0.25) is 0 Å². The Balaban J connectivity index is 1.38. The summed E-state index contributed by atoms with van der Waals surface area (Å²) >= 11 is 1.69. The molecule has 1 fully saturated rings. The molecule has 2 aromatic carbocycles. The number of urea groups is 1. The maximum Gasteiger partial charge on any atom is 0.317 e. The molecule has 0 atom stereocenters. The minimum Gasteiger partial charge on any atom is -0.494 e. The molecule has 4 rings (SSSR count). The first-order chi connectivity index (χ1) is 13.7. The number of carbonyl (C=O) groups is 1. The normalized spacial score (nSPS) is 14.4. The van der Waals surface area contributed by atoms with Gasteiger partial charge in [-0.3, -0.25) is 0 Å². The quantitative estimate of drug-likeness (QED) is 0.731. The van der Waals surface area contributed by atoms with Gasteiger partial charge in [0, 0.05) is 32.7 Å². The first-order valence-corrected chi connectivity index (χ1v) is 10.2. The fourth-order valence-electron chi connectivity index (χ4n) is 3.38. The average Bonchev–Trinajstić information content (AvgIpc) is 3.20. The van der Waals surface area contributed by atoms with E-state index in [4.69, 9.17) is 9.72 Å². The molecule has 0 spiro atoms. The van der Waals surface area contributed by atoms with E-state index in [-0.39, 0.29) is 6.03 Å². The average molecular weight is 397 g/mol. The van der Waals surface area contributed by atoms with Crippen molar-refractivity contribution >= 4 is 32.7 Å². The second kappa shape index (κ2) is 8.06. The van der Waals surface area contributed by atoms with Crippen molar-refractivity contribution in [3.63, 3.8) is 0 Å². The summed E-state index contributed by atoms with van der Waals surface area (Å²) < 4.78 is 6.62. The Morgan fingerprint density at radius 1 is 1.14 bits per heavy atom. The van der Waals surface area contributed by atoms with Crippen LogP contribution in [0.2, 0.25) is 0 Å². The van der Waals surface area contributed by atoms with E-state index in [1.54, 1.807) is 18.4 Å². The summed E-state index contributed by atoms with van der Waals surface area (Å²) in [7, 11) is 1.68. The molecule has 0 radical (unpaired) electrons. The summed E-state index contributed by atoms with van der Waals surface area (Å²) in [6.07, 6.45) is 0. The standard InChI is InChI=1S/C21H24N4O2S/c1-15-8-9-17(27-2)18-19(15)28-21(23-18)25-12-10-24(11-13-25)20(26)22-14-16-6-4-3-5-7-16/h3-9H,10-14H2,1-2H3,(H,22,26). The number of nitrogens with one attached hydrogen (secondary N) is 1. The highest BCUT2D eigenvalue weighted by atomic mass is 32.1. The van der Waals surface area contributed by atoms with Crippen molar-refractivity contribution in [2.45, 2.75) is 13.5 Å². The molecule has 1 aromatic heterocycles. The first-order valence-electron chi connectivity index (χ1n) is 9.41. The molecular formula is C21H24N4O2S. The van der Waals surface area contributed by atoms with E-state index in [1.165, 1.54) is 5.56 Å². The van der Waals surface area contributed by atoms with Crippen molar-refractivity contribution < 1.29 is 9.53 Å². The van der Waals surface area contributed by atoms with Crippen molar-refractivity contribution in [3.05, 3.63) is 53.6 Å². The van der Waals surface area contributed by atoms with Crippen LogP contribution >= 0.6 is 11.3 Å². The number of rotatable bonds is 4. The molecule has 2 amide bonds. The fraction of sp³-hybridized carbons (Fsp3) is 0.333. The summed E-state index contributed by atoms with van der Waals surface area (Å²) in [5.41, 5.74) is 3.23. The van der Waals surface area contributed by atoms with Crippen LogP contribution in [0.1, 0.15) is 11.1 Å². The zero-order valence-electron chi connectivity index (χ0n) is 16.1. The Morgan fingerprint density at radius 3 is 2.61 bits per heavy atom. The van der Waals surface area contributed by atoms with Gasteiger partial charge in [0.1, 0.15) is 11.3 Å². The number of piperazine rings is 1. The molecule has 1 aliphatic heterocycles. The van der Waals surface area contributed by atoms with Crippen LogP contribution in [0.3, 0.4) is 0 Å². The lowest BCUT2D eigenvalue weighted by Gasteiger charge is -2.34. The van der Waals surface area contributed by atoms with Gasteiger partial charge in [0.05, 0.1) is 11.8 Å². The number of amides is 2. The number of carbonyl (C=O) groups excluding carboxylic acids is 1. The molecule has 7 heteroatoms. The number of benzene rings is 2. The zero-order chi connectivity index (χ0) is 19.5. The summed E-state index contributed by atoms with van der Waals surface area (Å²) in [4.78, 5) is 21.4. The van der Waals surface area contributed by atoms with Crippen LogP contribution in [0.4, 0.5) is 9.93 Å². The first kappa shape index (κ1) is 18.6. The van der Waals surface area contributed by atoms with E-state index in [0.717, 1.165) is 39.8 Å². The van der Waals surface area contributed by atoms with Gasteiger partial charge in [-0.2, -0.15) is 0 Å². The van der Waals surface area contributed by atoms with Gasteiger partial charge >= 0.3 is 6.03 Å². The van der Waals surface area contributed by atoms with Crippen molar-refractivity contribution in [2.24, 2.45) is 0 Å². The second-order valence-electron chi connectivity index (χ2n) is 6.88. The number of fused-ring (bicyclic) bond motifs is 1. The largest absolute Gasteiger partial charge is 0.494 e. The molecule has 0 unspecified atom stereocenters. The SMILES string of the molecule is COc1ccc(C)c2sc(N3CCN(C(=O)NCc4ccccc4)CC3)nc12. The van der Waals surface area contributed by atoms with E-state index in [1.807, 2.05) is 41.3 Å². The van der Waals surface area contributed by atoms with Gasteiger partial charge in [0.15, 0.2) is 5.13 Å². The molecule has 0 aliphatic carbocycles. The van der Waals surface area contributed by atoms with Crippen LogP contribution in [0.25, 0.3) is 10.2 Å². The van der Waals surface area contributed by atoms with Gasteiger partial charge < -0.3 is 19.9 Å². The third-order valence-corrected chi connectivity index (χ3v) is 6.29. The third-order valence-electron chi connectivity index (χ3n) is 5.04. The number of hydrogen-bond acceptors (Lipinski definition) is 5. The number of nitrogens with zero attached hydrogens (tertiary/aromatic N) is 3. The van der Waals surface area contributed by atoms with Crippen LogP contribution in [-0.2, 0) is 6.54 Å². The van der Waals surface area contributed by atoms with Crippen molar-refractivity contribution in [3.8, 4) is 5.75 Å². The molecule has 2 heterocycles. The van der Waals surface area contributed by atoms with E-state index < -0.39 is 0 Å². The van der Waals surface area contributed by atoms with Crippen LogP contribution < -0.4 is 15.0 Å². The molecular weight excluding hydrogens is 372 g/mol. The van der Waals surface area contributed by atoms with Crippen molar-refractivity contribution in [1.82, 2.24) is 15.2 Å². The highest BCUT2D eigenvalue weighted by Gasteiger charge is 2.23. The Kier molecular flexibility index (Phi) is 5.34. The molecule has 6 nitrogen and oxygen atoms in total. The molecule has 0 saturated carbocycles. The number of thiazole rings is 1. The maximum absolute atomic E-state index is 12.5. The van der Waals surface area contributed by atoms with Crippen LogP contribution in [0.5, 0.6) is 5.75 Å². The van der Waals surface area contributed by atoms with Gasteiger partial charge in [0.25, 0.3) is 0 Å². The topological polar surface area (TPSA) is 57.7 Å². The van der Waals surface area contributed by atoms with Gasteiger partial charge in [-0.05, 0) is 24.1 Å². The molecule has 0 bridgehead atoms. The molecule has 1 N–H and O–H groups in total. The summed E-state index contributed by atoms with van der Waals surface area (Å²) in [6.45, 7) is 5.58. The lowest BCUT2D eigenvalue weighted by molar-refractivity contribution is 0.194. The molecule has 28 heavy (non-hydrogen) atoms. The number of anilines is 1. The van der Waals surface area contributed by atoms with Crippen molar-refractivity contribution in [2.75, 3.05) is 38.2 Å². The smallest absolute Gasteiger partial charge is 0.317 e. The van der Waals surface area contributed by atoms with E-state index in [2.05, 4.69) is 23.2 Å². The summed E-state index contributed by atoms with van der Waals surface area (Å²) in [5.74, 6) is 0.807. The Hall–Kier alpha value is -2.80. The number of hydrogen-bond donors (Lipinski definition) is 1. The second-order valence-corrected chi connectivity index (χ2v) is 7.85. The number of ether oxygens (including phenoxy) is 1. The fourth-order valence-corrected chi connectivity index (χ4v) is 4.49. The van der Waals surface area contributed by atoms with Crippen molar-refractivity contribution in [1.29, 1.82) is 0 Å². The van der Waals surface area contributed by atoms with E-state index in [9.17, 15) is 4.79 Å². The van der Waals surface area contributed by atoms with Gasteiger partial charge in [-0.1, -0.05) is 47.7 Å². The van der Waals surface area contributed by atoms with Crippen LogP contribution in [0, 0.1) is 6.92 Å². The van der Waals surface area contributed by atoms with Crippen LogP contribution in [-0.4, -0.2) is 49.2 Å². The highest BCUT2D eigenvalue weighted by molar-refractivity contribution is 7.22. The van der Waals surface area contributed by atoms with Gasteiger partial charge in [-0.15, -0.1) is 0 Å². The van der Waals surface area contributed by atoms with E-state index >= 15 is 0 Å². The monoisotopic (exact) mass is 396 g/mol. The number of aromatic nitrogens is 1. The minimum absolute atomic E-state index is 0.00897. The van der Waals surface area contributed by atoms with E-state index in [0.29, 0.717) is 19.6 Å². The highest BCUT2D eigenvalue weighted by Crippen LogP contribution is 2.36. The molecule has 1 aliphatic rings. The Morgan fingerprint density at radius 2 is 1.89 bits per heavy atom. The summed E-state index contributed by atoms with van der Waals surface area (Å²) in [6, 6.07) is 14.0. The zero-order valence-corrected chi connectivity index (χ0v) is 17.0. The number of methoxy groups -OCH3 is 1. The van der Waals surface area contributed by atoms with Crippen LogP contribution in [0.15, 0.2) is 42.5 Å². The molecule has 1 saturated heterocycles. The molecule has 3 aromatic rings. The predicted octanol–water partition coefficient (Wildman–Crippen LogP) is 3.65. The van der Waals surface area contributed by atoms with Gasteiger partial charge in [-0.25, -0.2) is 9.78 Å². The molecule has 146 valence electrons. The predicted molar refractivity (Wildman–Crippen MR) is 113 cm³/mol. The summed E-state index contributed by atoms with van der Waals surface area (Å²) in [5, 5.41) is 4.00. The third kappa shape index (κ3) is 3.75. The number of aryl methyl sites for hydroxylation is 1. The lowest BCUT2D eigenvalue weighted by Crippen LogP contribution is -2.51. The minimum atomic E-state index is -0.00897. The Labute approximate surface area is 168 Å².